The van der Waals surface area contributed by atoms with E-state index < -0.39 is 12.0 Å². The van der Waals surface area contributed by atoms with Crippen LogP contribution in [0.1, 0.15) is 24.2 Å². The normalized spacial score (nSPS) is 11.8. The predicted octanol–water partition coefficient (Wildman–Crippen LogP) is 2.63. The number of hydrogen-bond donors (Lipinski definition) is 1. The molecule has 1 unspecified atom stereocenters. The topological polar surface area (TPSA) is 55.4 Å². The third-order valence-corrected chi connectivity index (χ3v) is 3.74. The lowest BCUT2D eigenvalue weighted by Gasteiger charge is -2.12. The van der Waals surface area contributed by atoms with Crippen molar-refractivity contribution >= 4 is 46.1 Å². The van der Waals surface area contributed by atoms with E-state index in [-0.39, 0.29) is 12.5 Å². The third-order valence-electron chi connectivity index (χ3n) is 2.17. The van der Waals surface area contributed by atoms with E-state index in [1.165, 1.54) is 0 Å². The molecule has 0 bridgehead atoms. The molecule has 1 amide bonds. The van der Waals surface area contributed by atoms with E-state index in [4.69, 9.17) is 16.3 Å². The number of esters is 1. The Bertz CT molecular complexity index is 465. The molecule has 1 N–H and O–H groups in total. The van der Waals surface area contributed by atoms with E-state index in [2.05, 4.69) is 27.9 Å². The first-order valence-electron chi connectivity index (χ1n) is 5.38. The van der Waals surface area contributed by atoms with Gasteiger partial charge in [0.15, 0.2) is 0 Å². The van der Waals surface area contributed by atoms with Crippen LogP contribution >= 0.6 is 34.2 Å². The summed E-state index contributed by atoms with van der Waals surface area (Å²) in [4.78, 5) is 23.2. The van der Waals surface area contributed by atoms with Crippen molar-refractivity contribution in [2.75, 3.05) is 6.61 Å². The van der Waals surface area contributed by atoms with Gasteiger partial charge in [-0.15, -0.1) is 0 Å². The van der Waals surface area contributed by atoms with Gasteiger partial charge in [-0.2, -0.15) is 0 Å². The van der Waals surface area contributed by atoms with Crippen LogP contribution in [0.3, 0.4) is 0 Å². The molecule has 6 heteroatoms. The molecule has 0 aliphatic carbocycles. The molecule has 0 aromatic heterocycles. The molecule has 18 heavy (non-hydrogen) atoms. The Hall–Kier alpha value is -0.820. The lowest BCUT2D eigenvalue weighted by atomic mass is 10.2. The van der Waals surface area contributed by atoms with Gasteiger partial charge in [0.2, 0.25) is 0 Å². The van der Waals surface area contributed by atoms with E-state index in [1.807, 2.05) is 0 Å². The maximum absolute atomic E-state index is 11.8. The summed E-state index contributed by atoms with van der Waals surface area (Å²) < 4.78 is 5.67. The number of amides is 1. The largest absolute Gasteiger partial charge is 0.464 e. The summed E-state index contributed by atoms with van der Waals surface area (Å²) in [6.45, 7) is 3.57. The van der Waals surface area contributed by atoms with Gasteiger partial charge >= 0.3 is 5.97 Å². The van der Waals surface area contributed by atoms with Crippen molar-refractivity contribution in [3.63, 3.8) is 0 Å². The van der Waals surface area contributed by atoms with Crippen LogP contribution in [-0.2, 0) is 9.53 Å². The van der Waals surface area contributed by atoms with Gasteiger partial charge in [-0.3, -0.25) is 4.79 Å². The Morgan fingerprint density at radius 1 is 1.50 bits per heavy atom. The number of rotatable bonds is 4. The summed E-state index contributed by atoms with van der Waals surface area (Å²) in [5.74, 6) is -0.809. The molecule has 0 saturated carbocycles. The molecule has 0 saturated heterocycles. The molecule has 0 heterocycles. The van der Waals surface area contributed by atoms with Gasteiger partial charge in [0, 0.05) is 9.13 Å². The molecule has 0 fully saturated rings. The number of ether oxygens (including phenoxy) is 1. The van der Waals surface area contributed by atoms with E-state index in [0.29, 0.717) is 10.6 Å². The molecular formula is C12H13ClINO3. The van der Waals surface area contributed by atoms with Crippen molar-refractivity contribution in [3.8, 4) is 0 Å². The lowest BCUT2D eigenvalue weighted by molar-refractivity contribution is -0.144. The van der Waals surface area contributed by atoms with Crippen LogP contribution in [0.5, 0.6) is 0 Å². The zero-order valence-electron chi connectivity index (χ0n) is 10.00. The summed E-state index contributed by atoms with van der Waals surface area (Å²) in [6.07, 6.45) is 0. The third kappa shape index (κ3) is 4.13. The Labute approximate surface area is 124 Å². The molecule has 1 rings (SSSR count). The minimum absolute atomic E-state index is 0.286. The Kier molecular flexibility index (Phi) is 5.87. The number of hydrogen-bond acceptors (Lipinski definition) is 3. The van der Waals surface area contributed by atoms with Gasteiger partial charge in [0.25, 0.3) is 5.91 Å². The second-order valence-electron chi connectivity index (χ2n) is 3.58. The van der Waals surface area contributed by atoms with Gasteiger partial charge in [0.05, 0.1) is 11.6 Å². The van der Waals surface area contributed by atoms with Gasteiger partial charge in [-0.25, -0.2) is 4.79 Å². The highest BCUT2D eigenvalue weighted by Gasteiger charge is 2.17. The fraction of sp³-hybridized carbons (Fsp3) is 0.333. The molecule has 0 radical (unpaired) electrons. The van der Waals surface area contributed by atoms with Crippen LogP contribution in [-0.4, -0.2) is 24.5 Å². The fourth-order valence-corrected chi connectivity index (χ4v) is 1.76. The fourth-order valence-electron chi connectivity index (χ4n) is 1.24. The van der Waals surface area contributed by atoms with Crippen molar-refractivity contribution in [1.82, 2.24) is 5.32 Å². The first kappa shape index (κ1) is 15.2. The molecule has 0 aliphatic rings. The van der Waals surface area contributed by atoms with Gasteiger partial charge in [-0.05, 0) is 54.6 Å². The Balaban J connectivity index is 2.70. The van der Waals surface area contributed by atoms with Gasteiger partial charge in [-0.1, -0.05) is 11.6 Å². The summed E-state index contributed by atoms with van der Waals surface area (Å²) in [6, 6.07) is 4.28. The first-order chi connectivity index (χ1) is 8.45. The SMILES string of the molecule is CCOC(=O)C(C)NC(=O)c1ccc(I)c(Cl)c1. The summed E-state index contributed by atoms with van der Waals surface area (Å²) >= 11 is 8.00. The molecule has 1 atom stereocenters. The highest BCUT2D eigenvalue weighted by atomic mass is 127. The van der Waals surface area contributed by atoms with E-state index in [9.17, 15) is 9.59 Å². The number of halogens is 2. The number of carbonyl (C=O) groups is 2. The monoisotopic (exact) mass is 381 g/mol. The molecule has 1 aromatic rings. The van der Waals surface area contributed by atoms with Crippen LogP contribution in [0.2, 0.25) is 5.02 Å². The highest BCUT2D eigenvalue weighted by Crippen LogP contribution is 2.19. The summed E-state index contributed by atoms with van der Waals surface area (Å²) in [7, 11) is 0. The van der Waals surface area contributed by atoms with Crippen LogP contribution in [0.25, 0.3) is 0 Å². The number of carbonyl (C=O) groups excluding carboxylic acids is 2. The van der Waals surface area contributed by atoms with Gasteiger partial charge in [0.1, 0.15) is 6.04 Å². The molecule has 0 aliphatic heterocycles. The van der Waals surface area contributed by atoms with E-state index in [1.54, 1.807) is 32.0 Å². The van der Waals surface area contributed by atoms with Crippen LogP contribution < -0.4 is 5.32 Å². The molecule has 1 aromatic carbocycles. The Morgan fingerprint density at radius 3 is 2.72 bits per heavy atom. The van der Waals surface area contributed by atoms with Crippen LogP contribution in [0.4, 0.5) is 0 Å². The van der Waals surface area contributed by atoms with Crippen molar-refractivity contribution in [1.29, 1.82) is 0 Å². The number of benzene rings is 1. The summed E-state index contributed by atoms with van der Waals surface area (Å²) in [5.41, 5.74) is 0.413. The van der Waals surface area contributed by atoms with Crippen LogP contribution in [0, 0.1) is 3.57 Å². The molecule has 4 nitrogen and oxygen atoms in total. The smallest absolute Gasteiger partial charge is 0.328 e. The maximum atomic E-state index is 11.8. The van der Waals surface area contributed by atoms with Crippen molar-refractivity contribution < 1.29 is 14.3 Å². The van der Waals surface area contributed by atoms with Gasteiger partial charge < -0.3 is 10.1 Å². The highest BCUT2D eigenvalue weighted by molar-refractivity contribution is 14.1. The Morgan fingerprint density at radius 2 is 2.17 bits per heavy atom. The quantitative estimate of drug-likeness (QED) is 0.644. The molecule has 98 valence electrons. The second-order valence-corrected chi connectivity index (χ2v) is 5.15. The zero-order chi connectivity index (χ0) is 13.7. The summed E-state index contributed by atoms with van der Waals surface area (Å²) in [5, 5.41) is 3.06. The van der Waals surface area contributed by atoms with Crippen LogP contribution in [0.15, 0.2) is 18.2 Å². The van der Waals surface area contributed by atoms with Crippen molar-refractivity contribution in [3.05, 3.63) is 32.4 Å². The second kappa shape index (κ2) is 6.94. The molecular weight excluding hydrogens is 368 g/mol. The standard InChI is InChI=1S/C12H13ClINO3/c1-3-18-12(17)7(2)15-11(16)8-4-5-10(14)9(13)6-8/h4-7H,3H2,1-2H3,(H,15,16). The maximum Gasteiger partial charge on any atom is 0.328 e. The number of nitrogens with one attached hydrogen (secondary N) is 1. The average Bonchev–Trinajstić information content (AvgIpc) is 2.32. The lowest BCUT2D eigenvalue weighted by Crippen LogP contribution is -2.39. The average molecular weight is 382 g/mol. The first-order valence-corrected chi connectivity index (χ1v) is 6.84. The molecule has 0 spiro atoms. The van der Waals surface area contributed by atoms with E-state index in [0.717, 1.165) is 3.57 Å². The zero-order valence-corrected chi connectivity index (χ0v) is 12.9. The minimum atomic E-state index is -0.685. The minimum Gasteiger partial charge on any atom is -0.464 e. The van der Waals surface area contributed by atoms with Crippen molar-refractivity contribution in [2.45, 2.75) is 19.9 Å². The van der Waals surface area contributed by atoms with E-state index >= 15 is 0 Å². The predicted molar refractivity (Wildman–Crippen MR) is 77.7 cm³/mol. The van der Waals surface area contributed by atoms with Crippen molar-refractivity contribution in [2.24, 2.45) is 0 Å².